The van der Waals surface area contributed by atoms with Crippen molar-refractivity contribution in [3.8, 4) is 5.75 Å². The molecule has 1 aliphatic rings. The van der Waals surface area contributed by atoms with Gasteiger partial charge in [0.1, 0.15) is 11.3 Å². The van der Waals surface area contributed by atoms with Crippen LogP contribution in [0.5, 0.6) is 5.75 Å². The highest BCUT2D eigenvalue weighted by atomic mass is 16.5. The van der Waals surface area contributed by atoms with Gasteiger partial charge in [-0.15, -0.1) is 0 Å². The molecule has 134 valence electrons. The molecule has 0 spiro atoms. The van der Waals surface area contributed by atoms with Crippen molar-refractivity contribution < 1.29 is 13.9 Å². The molecule has 1 fully saturated rings. The summed E-state index contributed by atoms with van der Waals surface area (Å²) in [6, 6.07) is 7.06. The number of Topliss-reactive ketones (excluding diaryl/α,β-unsaturated/α-hetero) is 1. The summed E-state index contributed by atoms with van der Waals surface area (Å²) < 4.78 is 11.2. The topological polar surface area (TPSA) is 59.8 Å². The Morgan fingerprint density at radius 1 is 1.16 bits per heavy atom. The lowest BCUT2D eigenvalue weighted by atomic mass is 9.96. The van der Waals surface area contributed by atoms with Gasteiger partial charge in [0.15, 0.2) is 11.9 Å². The Hall–Kier alpha value is -2.14. The maximum atomic E-state index is 12.0. The van der Waals surface area contributed by atoms with E-state index < -0.39 is 0 Å². The molecule has 0 saturated heterocycles. The van der Waals surface area contributed by atoms with Gasteiger partial charge >= 0.3 is 5.63 Å². The number of carbonyl (C=O) groups is 1. The third-order valence-electron chi connectivity index (χ3n) is 4.87. The standard InChI is InChI=1S/C20H25NO4/c1-3-21(4-2)13-14-11-20(23)25-19-12-15(9-10-16(14)19)24-18-8-6-5-7-17(18)22/h9-12,18H,3-8,13H2,1-2H3. The normalized spacial score (nSPS) is 18.0. The number of fused-ring (bicyclic) bond motifs is 1. The van der Waals surface area contributed by atoms with Gasteiger partial charge in [0.05, 0.1) is 0 Å². The third kappa shape index (κ3) is 4.10. The van der Waals surface area contributed by atoms with Gasteiger partial charge in [-0.1, -0.05) is 13.8 Å². The summed E-state index contributed by atoms with van der Waals surface area (Å²) in [6.07, 6.45) is 2.91. The molecule has 5 nitrogen and oxygen atoms in total. The van der Waals surface area contributed by atoms with Crippen molar-refractivity contribution in [2.45, 2.75) is 52.2 Å². The van der Waals surface area contributed by atoms with E-state index in [2.05, 4.69) is 18.7 Å². The Balaban J connectivity index is 1.89. The highest BCUT2D eigenvalue weighted by Gasteiger charge is 2.24. The van der Waals surface area contributed by atoms with Gasteiger partial charge in [-0.3, -0.25) is 9.69 Å². The third-order valence-corrected chi connectivity index (χ3v) is 4.87. The largest absolute Gasteiger partial charge is 0.483 e. The summed E-state index contributed by atoms with van der Waals surface area (Å²) in [6.45, 7) is 6.75. The summed E-state index contributed by atoms with van der Waals surface area (Å²) in [5, 5.41) is 0.911. The van der Waals surface area contributed by atoms with Crippen LogP contribution in [0.15, 0.2) is 33.5 Å². The number of rotatable bonds is 6. The first kappa shape index (κ1) is 17.7. The van der Waals surface area contributed by atoms with Gasteiger partial charge in [0, 0.05) is 30.5 Å². The summed E-state index contributed by atoms with van der Waals surface area (Å²) in [5.74, 6) is 0.735. The fourth-order valence-electron chi connectivity index (χ4n) is 3.34. The van der Waals surface area contributed by atoms with Crippen molar-refractivity contribution >= 4 is 16.8 Å². The minimum absolute atomic E-state index is 0.156. The van der Waals surface area contributed by atoms with Gasteiger partial charge in [0.2, 0.25) is 0 Å². The number of carbonyl (C=O) groups excluding carboxylic acids is 1. The van der Waals surface area contributed by atoms with E-state index in [1.807, 2.05) is 12.1 Å². The maximum absolute atomic E-state index is 12.0. The molecule has 0 N–H and O–H groups in total. The molecule has 3 rings (SSSR count). The Labute approximate surface area is 147 Å². The van der Waals surface area contributed by atoms with Crippen LogP contribution in [0.2, 0.25) is 0 Å². The fraction of sp³-hybridized carbons (Fsp3) is 0.500. The molecule has 1 saturated carbocycles. The zero-order valence-corrected chi connectivity index (χ0v) is 14.9. The van der Waals surface area contributed by atoms with E-state index in [-0.39, 0.29) is 17.5 Å². The monoisotopic (exact) mass is 343 g/mol. The van der Waals surface area contributed by atoms with Gasteiger partial charge < -0.3 is 9.15 Å². The van der Waals surface area contributed by atoms with Gasteiger partial charge in [-0.2, -0.15) is 0 Å². The van der Waals surface area contributed by atoms with Crippen LogP contribution in [0.25, 0.3) is 11.0 Å². The molecule has 25 heavy (non-hydrogen) atoms. The zero-order chi connectivity index (χ0) is 17.8. The van der Waals surface area contributed by atoms with Crippen LogP contribution in [0, 0.1) is 0 Å². The van der Waals surface area contributed by atoms with Crippen molar-refractivity contribution in [1.82, 2.24) is 4.90 Å². The molecular formula is C20H25NO4. The van der Waals surface area contributed by atoms with E-state index in [1.165, 1.54) is 0 Å². The zero-order valence-electron chi connectivity index (χ0n) is 14.9. The van der Waals surface area contributed by atoms with Crippen molar-refractivity contribution in [3.05, 3.63) is 40.2 Å². The van der Waals surface area contributed by atoms with Crippen LogP contribution in [0.4, 0.5) is 0 Å². The molecule has 1 aromatic carbocycles. The maximum Gasteiger partial charge on any atom is 0.336 e. The second kappa shape index (κ2) is 7.83. The second-order valence-corrected chi connectivity index (χ2v) is 6.53. The molecule has 1 heterocycles. The predicted octanol–water partition coefficient (Wildman–Crippen LogP) is 3.53. The average molecular weight is 343 g/mol. The number of hydrogen-bond donors (Lipinski definition) is 0. The second-order valence-electron chi connectivity index (χ2n) is 6.53. The minimum atomic E-state index is -0.378. The fourth-order valence-corrected chi connectivity index (χ4v) is 3.34. The van der Waals surface area contributed by atoms with Crippen molar-refractivity contribution in [1.29, 1.82) is 0 Å². The summed E-state index contributed by atoms with van der Waals surface area (Å²) >= 11 is 0. The van der Waals surface area contributed by atoms with Gasteiger partial charge in [-0.25, -0.2) is 4.79 Å². The molecule has 5 heteroatoms. The van der Waals surface area contributed by atoms with E-state index in [0.29, 0.717) is 24.3 Å². The summed E-state index contributed by atoms with van der Waals surface area (Å²) in [7, 11) is 0. The smallest absolute Gasteiger partial charge is 0.336 e. The number of benzene rings is 1. The van der Waals surface area contributed by atoms with Crippen molar-refractivity contribution in [2.24, 2.45) is 0 Å². The van der Waals surface area contributed by atoms with E-state index >= 15 is 0 Å². The summed E-state index contributed by atoms with van der Waals surface area (Å²) in [4.78, 5) is 26.1. The highest BCUT2D eigenvalue weighted by Crippen LogP contribution is 2.26. The van der Waals surface area contributed by atoms with Gasteiger partial charge in [-0.05, 0) is 50.0 Å². The van der Waals surface area contributed by atoms with E-state index in [0.717, 1.165) is 43.3 Å². The molecule has 1 aromatic heterocycles. The van der Waals surface area contributed by atoms with Crippen molar-refractivity contribution in [2.75, 3.05) is 13.1 Å². The highest BCUT2D eigenvalue weighted by molar-refractivity contribution is 5.84. The van der Waals surface area contributed by atoms with Crippen molar-refractivity contribution in [3.63, 3.8) is 0 Å². The molecule has 1 aliphatic carbocycles. The quantitative estimate of drug-likeness (QED) is 0.751. The number of hydrogen-bond acceptors (Lipinski definition) is 5. The SMILES string of the molecule is CCN(CC)Cc1cc(=O)oc2cc(OC3CCCCC3=O)ccc12. The van der Waals surface area contributed by atoms with Crippen LogP contribution < -0.4 is 10.4 Å². The Morgan fingerprint density at radius 2 is 1.96 bits per heavy atom. The molecule has 0 aliphatic heterocycles. The molecule has 1 atom stereocenters. The number of ether oxygens (including phenoxy) is 1. The first-order valence-electron chi connectivity index (χ1n) is 9.09. The molecule has 1 unspecified atom stereocenters. The Kier molecular flexibility index (Phi) is 5.53. The first-order valence-corrected chi connectivity index (χ1v) is 9.09. The Morgan fingerprint density at radius 3 is 2.68 bits per heavy atom. The molecule has 2 aromatic rings. The van der Waals surface area contributed by atoms with E-state index in [9.17, 15) is 9.59 Å². The van der Waals surface area contributed by atoms with Crippen LogP contribution >= 0.6 is 0 Å². The Bertz CT molecular complexity index is 807. The molecule has 0 bridgehead atoms. The predicted molar refractivity (Wildman–Crippen MR) is 97.0 cm³/mol. The molecular weight excluding hydrogens is 318 g/mol. The molecule has 0 radical (unpaired) electrons. The first-order chi connectivity index (χ1) is 12.1. The lowest BCUT2D eigenvalue weighted by Crippen LogP contribution is -2.30. The van der Waals surface area contributed by atoms with E-state index in [4.69, 9.17) is 9.15 Å². The number of ketones is 1. The summed E-state index contributed by atoms with van der Waals surface area (Å²) in [5.41, 5.74) is 1.10. The minimum Gasteiger partial charge on any atom is -0.483 e. The lowest BCUT2D eigenvalue weighted by Gasteiger charge is -2.22. The average Bonchev–Trinajstić information content (AvgIpc) is 2.61. The van der Waals surface area contributed by atoms with E-state index in [1.54, 1.807) is 12.1 Å². The van der Waals surface area contributed by atoms with Crippen LogP contribution in [-0.4, -0.2) is 29.9 Å². The van der Waals surface area contributed by atoms with Crippen LogP contribution in [0.3, 0.4) is 0 Å². The van der Waals surface area contributed by atoms with Crippen LogP contribution in [-0.2, 0) is 11.3 Å². The van der Waals surface area contributed by atoms with Gasteiger partial charge in [0.25, 0.3) is 0 Å². The number of nitrogens with zero attached hydrogens (tertiary/aromatic N) is 1. The lowest BCUT2D eigenvalue weighted by molar-refractivity contribution is -0.127. The molecule has 0 amide bonds. The van der Waals surface area contributed by atoms with Crippen LogP contribution in [0.1, 0.15) is 45.1 Å².